The lowest BCUT2D eigenvalue weighted by molar-refractivity contribution is 0.0930. The summed E-state index contributed by atoms with van der Waals surface area (Å²) in [5, 5.41) is 5.79. The summed E-state index contributed by atoms with van der Waals surface area (Å²) in [5.41, 5.74) is 2.93. The molecule has 2 heteroatoms. The molecule has 3 aromatic carbocycles. The highest BCUT2D eigenvalue weighted by Crippen LogP contribution is 2.48. The Morgan fingerprint density at radius 1 is 0.958 bits per heavy atom. The highest BCUT2D eigenvalue weighted by atomic mass is 16.1. The van der Waals surface area contributed by atoms with Crippen LogP contribution < -0.4 is 5.32 Å². The number of carbonyl (C=O) groups excluding carboxylic acids is 1. The van der Waals surface area contributed by atoms with Crippen molar-refractivity contribution in [1.82, 2.24) is 5.32 Å². The maximum Gasteiger partial charge on any atom is 0.252 e. The quantitative estimate of drug-likeness (QED) is 0.734. The van der Waals surface area contributed by atoms with Gasteiger partial charge in [-0.25, -0.2) is 0 Å². The molecule has 1 fully saturated rings. The van der Waals surface area contributed by atoms with Crippen molar-refractivity contribution in [2.45, 2.75) is 31.7 Å². The second-order valence-corrected chi connectivity index (χ2v) is 6.57. The number of hydrogen-bond acceptors (Lipinski definition) is 1. The van der Waals surface area contributed by atoms with Gasteiger partial charge in [0.1, 0.15) is 0 Å². The normalized spacial score (nSPS) is 15.2. The van der Waals surface area contributed by atoms with Crippen molar-refractivity contribution < 1.29 is 4.79 Å². The minimum atomic E-state index is -0.210. The van der Waals surface area contributed by atoms with Crippen LogP contribution in [0.2, 0.25) is 0 Å². The van der Waals surface area contributed by atoms with E-state index in [9.17, 15) is 4.79 Å². The lowest BCUT2D eigenvalue weighted by Gasteiger charge is -2.21. The van der Waals surface area contributed by atoms with Crippen molar-refractivity contribution >= 4 is 16.7 Å². The van der Waals surface area contributed by atoms with Crippen LogP contribution >= 0.6 is 0 Å². The molecule has 3 aromatic rings. The molecule has 0 unspecified atom stereocenters. The van der Waals surface area contributed by atoms with Crippen LogP contribution in [0, 0.1) is 0 Å². The molecule has 0 aromatic heterocycles. The minimum absolute atomic E-state index is 0.0397. The number of amides is 1. The van der Waals surface area contributed by atoms with Crippen LogP contribution in [0.1, 0.15) is 41.3 Å². The van der Waals surface area contributed by atoms with Crippen molar-refractivity contribution in [3.8, 4) is 0 Å². The lowest BCUT2D eigenvalue weighted by Crippen LogP contribution is -2.35. The van der Waals surface area contributed by atoms with Gasteiger partial charge in [0.15, 0.2) is 0 Å². The van der Waals surface area contributed by atoms with Crippen molar-refractivity contribution in [1.29, 1.82) is 0 Å². The maximum atomic E-state index is 12.9. The van der Waals surface area contributed by atoms with Gasteiger partial charge < -0.3 is 5.32 Å². The van der Waals surface area contributed by atoms with E-state index >= 15 is 0 Å². The van der Waals surface area contributed by atoms with E-state index in [1.807, 2.05) is 24.3 Å². The lowest BCUT2D eigenvalue weighted by atomic mass is 9.96. The average Bonchev–Trinajstić information content (AvgIpc) is 3.41. The average molecular weight is 315 g/mol. The Morgan fingerprint density at radius 2 is 1.67 bits per heavy atom. The van der Waals surface area contributed by atoms with Crippen LogP contribution in [-0.4, -0.2) is 5.91 Å². The standard InChI is InChI=1S/C22H21NO/c1-2-16-8-3-6-12-19(16)21(24)23-22(14-15-22)20-13-7-10-17-9-4-5-11-18(17)20/h3-13H,2,14-15H2,1H3,(H,23,24). The molecule has 0 aliphatic heterocycles. The van der Waals surface area contributed by atoms with Gasteiger partial charge in [0.2, 0.25) is 0 Å². The highest BCUT2D eigenvalue weighted by molar-refractivity contribution is 5.97. The first-order chi connectivity index (χ1) is 11.7. The van der Waals surface area contributed by atoms with Crippen molar-refractivity contribution in [3.05, 3.63) is 83.4 Å². The van der Waals surface area contributed by atoms with Crippen molar-refractivity contribution in [3.63, 3.8) is 0 Å². The van der Waals surface area contributed by atoms with E-state index < -0.39 is 0 Å². The van der Waals surface area contributed by atoms with Crippen molar-refractivity contribution in [2.75, 3.05) is 0 Å². The molecule has 0 atom stereocenters. The van der Waals surface area contributed by atoms with E-state index in [2.05, 4.69) is 54.7 Å². The molecular formula is C22H21NO. The number of benzene rings is 3. The monoisotopic (exact) mass is 315 g/mol. The Labute approximate surface area is 142 Å². The first-order valence-corrected chi connectivity index (χ1v) is 8.62. The number of fused-ring (bicyclic) bond motifs is 1. The first kappa shape index (κ1) is 14.9. The van der Waals surface area contributed by atoms with Gasteiger partial charge in [-0.3, -0.25) is 4.79 Å². The van der Waals surface area contributed by atoms with Gasteiger partial charge in [-0.15, -0.1) is 0 Å². The molecule has 1 saturated carbocycles. The highest BCUT2D eigenvalue weighted by Gasteiger charge is 2.46. The Hall–Kier alpha value is -2.61. The number of carbonyl (C=O) groups is 1. The second-order valence-electron chi connectivity index (χ2n) is 6.57. The number of hydrogen-bond donors (Lipinski definition) is 1. The van der Waals surface area contributed by atoms with Gasteiger partial charge in [0, 0.05) is 5.56 Å². The summed E-state index contributed by atoms with van der Waals surface area (Å²) in [6, 6.07) is 22.7. The SMILES string of the molecule is CCc1ccccc1C(=O)NC1(c2cccc3ccccc23)CC1. The Morgan fingerprint density at radius 3 is 2.46 bits per heavy atom. The van der Waals surface area contributed by atoms with Crippen LogP contribution in [0.3, 0.4) is 0 Å². The van der Waals surface area contributed by atoms with Gasteiger partial charge in [-0.1, -0.05) is 67.6 Å². The molecule has 120 valence electrons. The molecule has 0 saturated heterocycles. The van der Waals surface area contributed by atoms with Crippen LogP contribution in [0.4, 0.5) is 0 Å². The van der Waals surface area contributed by atoms with Crippen LogP contribution in [0.5, 0.6) is 0 Å². The predicted octanol–water partition coefficient (Wildman–Crippen LogP) is 4.82. The van der Waals surface area contributed by atoms with E-state index in [0.29, 0.717) is 0 Å². The minimum Gasteiger partial charge on any atom is -0.342 e. The Kier molecular flexibility index (Phi) is 3.61. The Balaban J connectivity index is 1.70. The molecule has 4 rings (SSSR count). The third-order valence-electron chi connectivity index (χ3n) is 5.05. The molecule has 1 amide bonds. The van der Waals surface area contributed by atoms with Crippen molar-refractivity contribution in [2.24, 2.45) is 0 Å². The van der Waals surface area contributed by atoms with E-state index in [4.69, 9.17) is 0 Å². The van der Waals surface area contributed by atoms with E-state index in [1.54, 1.807) is 0 Å². The Bertz CT molecular complexity index is 903. The summed E-state index contributed by atoms with van der Waals surface area (Å²) in [4.78, 5) is 12.9. The molecule has 2 nitrogen and oxygen atoms in total. The van der Waals surface area contributed by atoms with Gasteiger partial charge in [-0.05, 0) is 47.2 Å². The van der Waals surface area contributed by atoms with Gasteiger partial charge in [0.25, 0.3) is 5.91 Å². The van der Waals surface area contributed by atoms with E-state index in [0.717, 1.165) is 30.4 Å². The molecule has 1 aliphatic carbocycles. The summed E-state index contributed by atoms with van der Waals surface area (Å²) >= 11 is 0. The topological polar surface area (TPSA) is 29.1 Å². The molecular weight excluding hydrogens is 294 g/mol. The third-order valence-corrected chi connectivity index (χ3v) is 5.05. The smallest absolute Gasteiger partial charge is 0.252 e. The zero-order valence-corrected chi connectivity index (χ0v) is 13.9. The summed E-state index contributed by atoms with van der Waals surface area (Å²) in [5.74, 6) is 0.0397. The number of nitrogens with one attached hydrogen (secondary N) is 1. The summed E-state index contributed by atoms with van der Waals surface area (Å²) in [7, 11) is 0. The second kappa shape index (κ2) is 5.79. The molecule has 0 heterocycles. The van der Waals surface area contributed by atoms with Crippen LogP contribution in [0.25, 0.3) is 10.8 Å². The zero-order valence-electron chi connectivity index (χ0n) is 13.9. The number of rotatable bonds is 4. The summed E-state index contributed by atoms with van der Waals surface area (Å²) < 4.78 is 0. The molecule has 1 aliphatic rings. The number of aryl methyl sites for hydroxylation is 1. The maximum absolute atomic E-state index is 12.9. The summed E-state index contributed by atoms with van der Waals surface area (Å²) in [6.07, 6.45) is 2.87. The summed E-state index contributed by atoms with van der Waals surface area (Å²) in [6.45, 7) is 2.09. The van der Waals surface area contributed by atoms with Gasteiger partial charge in [0.05, 0.1) is 5.54 Å². The van der Waals surface area contributed by atoms with Crippen LogP contribution in [-0.2, 0) is 12.0 Å². The zero-order chi connectivity index (χ0) is 16.6. The first-order valence-electron chi connectivity index (χ1n) is 8.62. The molecule has 24 heavy (non-hydrogen) atoms. The molecule has 0 bridgehead atoms. The third kappa shape index (κ3) is 2.48. The fraction of sp³-hybridized carbons (Fsp3) is 0.227. The van der Waals surface area contributed by atoms with Crippen LogP contribution in [0.15, 0.2) is 66.7 Å². The van der Waals surface area contributed by atoms with E-state index in [1.165, 1.54) is 16.3 Å². The molecule has 0 radical (unpaired) electrons. The fourth-order valence-corrected chi connectivity index (χ4v) is 3.56. The largest absolute Gasteiger partial charge is 0.342 e. The van der Waals surface area contributed by atoms with Gasteiger partial charge in [-0.2, -0.15) is 0 Å². The van der Waals surface area contributed by atoms with Gasteiger partial charge >= 0.3 is 0 Å². The molecule has 1 N–H and O–H groups in total. The molecule has 0 spiro atoms. The fourth-order valence-electron chi connectivity index (χ4n) is 3.56. The van der Waals surface area contributed by atoms with E-state index in [-0.39, 0.29) is 11.4 Å². The predicted molar refractivity (Wildman–Crippen MR) is 98.1 cm³/mol.